The van der Waals surface area contributed by atoms with Gasteiger partial charge in [-0.3, -0.25) is 9.59 Å². The van der Waals surface area contributed by atoms with Gasteiger partial charge >= 0.3 is 0 Å². The molecule has 0 fully saturated rings. The molecule has 1 atom stereocenters. The van der Waals surface area contributed by atoms with Gasteiger partial charge in [0.05, 0.1) is 18.7 Å². The number of carbonyl (C=O) groups excluding carboxylic acids is 2. The molecule has 0 radical (unpaired) electrons. The Kier molecular flexibility index (Phi) is 5.71. The predicted molar refractivity (Wildman–Crippen MR) is 111 cm³/mol. The van der Waals surface area contributed by atoms with Crippen molar-refractivity contribution < 1.29 is 23.1 Å². The topological polar surface area (TPSA) is 85.2 Å². The Bertz CT molecular complexity index is 1160. The van der Waals surface area contributed by atoms with Gasteiger partial charge in [-0.2, -0.15) is 5.10 Å². The maximum absolute atomic E-state index is 13.4. The summed E-state index contributed by atoms with van der Waals surface area (Å²) in [6, 6.07) is 9.16. The van der Waals surface area contributed by atoms with Crippen molar-refractivity contribution >= 4 is 34.9 Å². The third-order valence-corrected chi connectivity index (χ3v) is 5.07. The third kappa shape index (κ3) is 4.14. The summed E-state index contributed by atoms with van der Waals surface area (Å²) in [4.78, 5) is 25.0. The standard InChI is InChI=1S/C21H17ClF2N4O3/c1-31-10-16-19(11-2-4-12(22)5-3-11)20-26-21(30)17(28(20)27-16)9-18(29)25-13-6-7-14(23)15(24)8-13/h2-8,17H,9-10H2,1H3,(H,25,29)(H,26,30). The lowest BCUT2D eigenvalue weighted by Crippen LogP contribution is -2.24. The molecule has 4 rings (SSSR count). The number of methoxy groups -OCH3 is 1. The van der Waals surface area contributed by atoms with Crippen molar-refractivity contribution in [1.82, 2.24) is 9.78 Å². The second kappa shape index (κ2) is 8.44. The number of nitrogens with one attached hydrogen (secondary N) is 2. The van der Waals surface area contributed by atoms with Crippen molar-refractivity contribution in [3.8, 4) is 11.1 Å². The van der Waals surface area contributed by atoms with Gasteiger partial charge in [0.25, 0.3) is 5.91 Å². The Morgan fingerprint density at radius 1 is 1.23 bits per heavy atom. The van der Waals surface area contributed by atoms with Gasteiger partial charge in [-0.05, 0) is 29.8 Å². The fraction of sp³-hybridized carbons (Fsp3) is 0.190. The zero-order valence-corrected chi connectivity index (χ0v) is 17.0. The normalized spacial score (nSPS) is 15.0. The molecule has 1 unspecified atom stereocenters. The molecule has 2 heterocycles. The molecule has 0 aliphatic carbocycles. The second-order valence-corrected chi connectivity index (χ2v) is 7.38. The van der Waals surface area contributed by atoms with E-state index in [9.17, 15) is 18.4 Å². The number of rotatable bonds is 6. The number of carbonyl (C=O) groups is 2. The van der Waals surface area contributed by atoms with Gasteiger partial charge in [-0.25, -0.2) is 13.5 Å². The Morgan fingerprint density at radius 3 is 2.65 bits per heavy atom. The van der Waals surface area contributed by atoms with Crippen LogP contribution in [-0.4, -0.2) is 28.7 Å². The maximum atomic E-state index is 13.4. The summed E-state index contributed by atoms with van der Waals surface area (Å²) >= 11 is 5.98. The number of hydrogen-bond donors (Lipinski definition) is 2. The minimum absolute atomic E-state index is 0.0879. The molecule has 31 heavy (non-hydrogen) atoms. The first-order valence-electron chi connectivity index (χ1n) is 9.29. The van der Waals surface area contributed by atoms with Crippen LogP contribution < -0.4 is 10.6 Å². The van der Waals surface area contributed by atoms with Crippen molar-refractivity contribution in [2.24, 2.45) is 0 Å². The number of halogens is 3. The molecule has 3 aromatic rings. The minimum Gasteiger partial charge on any atom is -0.378 e. The quantitative estimate of drug-likeness (QED) is 0.595. The van der Waals surface area contributed by atoms with Crippen molar-refractivity contribution in [3.63, 3.8) is 0 Å². The summed E-state index contributed by atoms with van der Waals surface area (Å²) < 4.78 is 33.1. The lowest BCUT2D eigenvalue weighted by molar-refractivity contribution is -0.123. The Morgan fingerprint density at radius 2 is 1.97 bits per heavy atom. The zero-order chi connectivity index (χ0) is 22.1. The first-order valence-corrected chi connectivity index (χ1v) is 9.67. The number of nitrogens with zero attached hydrogens (tertiary/aromatic N) is 2. The highest BCUT2D eigenvalue weighted by atomic mass is 35.5. The van der Waals surface area contributed by atoms with E-state index >= 15 is 0 Å². The molecule has 1 aliphatic rings. The molecule has 160 valence electrons. The van der Waals surface area contributed by atoms with Gasteiger partial charge < -0.3 is 15.4 Å². The van der Waals surface area contributed by atoms with E-state index in [0.29, 0.717) is 22.1 Å². The van der Waals surface area contributed by atoms with Crippen LogP contribution in [0.2, 0.25) is 5.02 Å². The number of benzene rings is 2. The van der Waals surface area contributed by atoms with Crippen LogP contribution in [0.15, 0.2) is 42.5 Å². The molecule has 7 nitrogen and oxygen atoms in total. The molecule has 0 saturated heterocycles. The van der Waals surface area contributed by atoms with Gasteiger partial charge in [-0.1, -0.05) is 23.7 Å². The lowest BCUT2D eigenvalue weighted by Gasteiger charge is -2.10. The van der Waals surface area contributed by atoms with Crippen molar-refractivity contribution in [2.45, 2.75) is 19.1 Å². The Labute approximate surface area is 181 Å². The fourth-order valence-electron chi connectivity index (χ4n) is 3.44. The molecule has 2 aromatic carbocycles. The highest BCUT2D eigenvalue weighted by Gasteiger charge is 2.37. The van der Waals surface area contributed by atoms with Crippen LogP contribution in [0.4, 0.5) is 20.3 Å². The number of anilines is 2. The average Bonchev–Trinajstić information content (AvgIpc) is 3.21. The van der Waals surface area contributed by atoms with E-state index in [-0.39, 0.29) is 18.7 Å². The second-order valence-electron chi connectivity index (χ2n) is 6.94. The van der Waals surface area contributed by atoms with Gasteiger partial charge in [0.2, 0.25) is 5.91 Å². The fourth-order valence-corrected chi connectivity index (χ4v) is 3.56. The van der Waals surface area contributed by atoms with Crippen LogP contribution >= 0.6 is 11.6 Å². The minimum atomic E-state index is -1.08. The molecule has 1 aliphatic heterocycles. The summed E-state index contributed by atoms with van der Waals surface area (Å²) in [5, 5.41) is 10.3. The van der Waals surface area contributed by atoms with E-state index in [1.165, 1.54) is 17.9 Å². The smallest absolute Gasteiger partial charge is 0.251 e. The van der Waals surface area contributed by atoms with Crippen molar-refractivity contribution in [1.29, 1.82) is 0 Å². The molecule has 2 amide bonds. The first-order chi connectivity index (χ1) is 14.9. The molecule has 2 N–H and O–H groups in total. The number of hydrogen-bond acceptors (Lipinski definition) is 4. The lowest BCUT2D eigenvalue weighted by atomic mass is 10.1. The van der Waals surface area contributed by atoms with Crippen molar-refractivity contribution in [3.05, 3.63) is 64.8 Å². The van der Waals surface area contributed by atoms with Crippen LogP contribution in [0.5, 0.6) is 0 Å². The van der Waals surface area contributed by atoms with Gasteiger partial charge in [0.15, 0.2) is 11.6 Å². The van der Waals surface area contributed by atoms with Gasteiger partial charge in [-0.15, -0.1) is 0 Å². The molecule has 0 saturated carbocycles. The summed E-state index contributed by atoms with van der Waals surface area (Å²) in [7, 11) is 1.53. The molecule has 1 aromatic heterocycles. The van der Waals surface area contributed by atoms with Crippen LogP contribution in [0.25, 0.3) is 11.1 Å². The third-order valence-electron chi connectivity index (χ3n) is 4.82. The van der Waals surface area contributed by atoms with Crippen molar-refractivity contribution in [2.75, 3.05) is 17.7 Å². The van der Waals surface area contributed by atoms with E-state index in [2.05, 4.69) is 15.7 Å². The Hall–Kier alpha value is -3.30. The number of ether oxygens (including phenoxy) is 1. The van der Waals surface area contributed by atoms with Crippen LogP contribution in [0, 0.1) is 11.6 Å². The van der Waals surface area contributed by atoms with Crippen LogP contribution in [-0.2, 0) is 20.9 Å². The highest BCUT2D eigenvalue weighted by Crippen LogP contribution is 2.39. The number of aromatic nitrogens is 2. The van der Waals surface area contributed by atoms with Gasteiger partial charge in [0.1, 0.15) is 11.9 Å². The highest BCUT2D eigenvalue weighted by molar-refractivity contribution is 6.30. The van der Waals surface area contributed by atoms with Gasteiger partial charge in [0, 0.05) is 29.4 Å². The maximum Gasteiger partial charge on any atom is 0.251 e. The Balaban J connectivity index is 1.61. The first kappa shape index (κ1) is 21.0. The molecule has 10 heteroatoms. The summed E-state index contributed by atoms with van der Waals surface area (Å²) in [6.45, 7) is 0.196. The molecular weight excluding hydrogens is 430 g/mol. The van der Waals surface area contributed by atoms with E-state index in [0.717, 1.165) is 17.7 Å². The SMILES string of the molecule is COCc1nn2c(c1-c1ccc(Cl)cc1)NC(=O)C2CC(=O)Nc1ccc(F)c(F)c1. The van der Waals surface area contributed by atoms with Crippen LogP contribution in [0.3, 0.4) is 0 Å². The van der Waals surface area contributed by atoms with Crippen LogP contribution in [0.1, 0.15) is 18.2 Å². The monoisotopic (exact) mass is 446 g/mol. The van der Waals surface area contributed by atoms with E-state index < -0.39 is 29.5 Å². The molecular formula is C21H17ClF2N4O3. The molecule has 0 bridgehead atoms. The number of fused-ring (bicyclic) bond motifs is 1. The van der Waals surface area contributed by atoms with E-state index in [1.807, 2.05) is 0 Å². The summed E-state index contributed by atoms with van der Waals surface area (Å²) in [5.74, 6) is -2.60. The zero-order valence-electron chi connectivity index (χ0n) is 16.3. The summed E-state index contributed by atoms with van der Waals surface area (Å²) in [5.41, 5.74) is 2.14. The average molecular weight is 447 g/mol. The van der Waals surface area contributed by atoms with E-state index in [4.69, 9.17) is 16.3 Å². The summed E-state index contributed by atoms with van der Waals surface area (Å²) in [6.07, 6.45) is -0.244. The predicted octanol–water partition coefficient (Wildman–Crippen LogP) is 4.15. The largest absolute Gasteiger partial charge is 0.378 e. The molecule has 0 spiro atoms. The number of amides is 2. The van der Waals surface area contributed by atoms with E-state index in [1.54, 1.807) is 24.3 Å².